The molecule has 1 aromatic rings. The van der Waals surface area contributed by atoms with Crippen LogP contribution in [-0.4, -0.2) is 65.6 Å². The zero-order chi connectivity index (χ0) is 20.7. The monoisotopic (exact) mass is 401 g/mol. The number of rotatable bonds is 3. The Morgan fingerprint density at radius 3 is 2.45 bits per heavy atom. The van der Waals surface area contributed by atoms with E-state index in [1.807, 2.05) is 23.8 Å². The number of likely N-dealkylation sites (tertiary alicyclic amines) is 2. The van der Waals surface area contributed by atoms with Gasteiger partial charge in [-0.1, -0.05) is 0 Å². The summed E-state index contributed by atoms with van der Waals surface area (Å²) in [5.41, 5.74) is 1.05. The quantitative estimate of drug-likeness (QED) is 0.768. The molecule has 0 N–H and O–H groups in total. The van der Waals surface area contributed by atoms with Gasteiger partial charge in [0, 0.05) is 64.1 Å². The number of methoxy groups -OCH3 is 1. The molecule has 4 rings (SSSR count). The van der Waals surface area contributed by atoms with E-state index >= 15 is 0 Å². The summed E-state index contributed by atoms with van der Waals surface area (Å²) in [6, 6.07) is 2.96. The maximum absolute atomic E-state index is 13.1. The minimum Gasteiger partial charge on any atom is -0.381 e. The lowest BCUT2D eigenvalue weighted by molar-refractivity contribution is -0.149. The number of pyridine rings is 1. The third kappa shape index (κ3) is 3.72. The molecule has 158 valence electrons. The molecule has 2 saturated heterocycles. The minimum absolute atomic E-state index is 0.0241. The fraction of sp³-hybridized carbons (Fsp3) is 0.682. The van der Waals surface area contributed by atoms with Crippen LogP contribution in [0, 0.1) is 24.7 Å². The molecular formula is C22H31N3O4. The Morgan fingerprint density at radius 1 is 1.07 bits per heavy atom. The van der Waals surface area contributed by atoms with Crippen molar-refractivity contribution in [2.24, 2.45) is 24.8 Å². The third-order valence-corrected chi connectivity index (χ3v) is 7.31. The minimum atomic E-state index is -0.144. The van der Waals surface area contributed by atoms with Crippen molar-refractivity contribution >= 4 is 11.8 Å². The predicted molar refractivity (Wildman–Crippen MR) is 109 cm³/mol. The zero-order valence-electron chi connectivity index (χ0n) is 17.6. The topological polar surface area (TPSA) is 71.8 Å². The Kier molecular flexibility index (Phi) is 5.51. The summed E-state index contributed by atoms with van der Waals surface area (Å²) in [5, 5.41) is 0. The van der Waals surface area contributed by atoms with Gasteiger partial charge in [0.2, 0.25) is 5.91 Å². The number of piperidine rings is 2. The molecule has 3 fully saturated rings. The fourth-order valence-electron chi connectivity index (χ4n) is 5.23. The molecule has 0 bridgehead atoms. The van der Waals surface area contributed by atoms with Crippen LogP contribution in [0.5, 0.6) is 0 Å². The summed E-state index contributed by atoms with van der Waals surface area (Å²) in [7, 11) is 3.55. The summed E-state index contributed by atoms with van der Waals surface area (Å²) in [6.45, 7) is 4.66. The van der Waals surface area contributed by atoms with Crippen molar-refractivity contribution in [2.75, 3.05) is 33.3 Å². The van der Waals surface area contributed by atoms with Gasteiger partial charge in [-0.2, -0.15) is 0 Å². The van der Waals surface area contributed by atoms with Crippen LogP contribution in [0.4, 0.5) is 0 Å². The molecule has 1 aromatic heterocycles. The molecule has 0 unspecified atom stereocenters. The third-order valence-electron chi connectivity index (χ3n) is 7.31. The molecule has 29 heavy (non-hydrogen) atoms. The first kappa shape index (κ1) is 20.1. The number of fused-ring (bicyclic) bond motifs is 1. The maximum atomic E-state index is 13.1. The van der Waals surface area contributed by atoms with Gasteiger partial charge in [0.1, 0.15) is 5.69 Å². The SMILES string of the molecule is COC1CCN(C(=O)[C@@H]2C[C@H]3CCN(C(=O)c4cc(=O)cc(C)n4C)C[C@H]32)CC1. The number of hydrogen-bond donors (Lipinski definition) is 0. The number of carbonyl (C=O) groups excluding carboxylic acids is 2. The van der Waals surface area contributed by atoms with Gasteiger partial charge >= 0.3 is 0 Å². The van der Waals surface area contributed by atoms with Crippen LogP contribution in [0.25, 0.3) is 0 Å². The zero-order valence-corrected chi connectivity index (χ0v) is 17.6. The van der Waals surface area contributed by atoms with Crippen LogP contribution < -0.4 is 5.43 Å². The number of amides is 2. The maximum Gasteiger partial charge on any atom is 0.270 e. The Hall–Kier alpha value is -2.15. The van der Waals surface area contributed by atoms with Crippen molar-refractivity contribution in [1.29, 1.82) is 0 Å². The van der Waals surface area contributed by atoms with Crippen LogP contribution in [0.15, 0.2) is 16.9 Å². The summed E-state index contributed by atoms with van der Waals surface area (Å²) in [6.07, 6.45) is 3.94. The van der Waals surface area contributed by atoms with Crippen molar-refractivity contribution in [3.8, 4) is 0 Å². The molecule has 0 spiro atoms. The van der Waals surface area contributed by atoms with E-state index in [1.54, 1.807) is 11.7 Å². The molecule has 7 nitrogen and oxygen atoms in total. The number of carbonyl (C=O) groups is 2. The van der Waals surface area contributed by atoms with E-state index in [0.717, 1.165) is 44.5 Å². The van der Waals surface area contributed by atoms with E-state index in [4.69, 9.17) is 4.74 Å². The molecule has 2 aliphatic heterocycles. The molecular weight excluding hydrogens is 370 g/mol. The molecule has 3 aliphatic rings. The first-order chi connectivity index (χ1) is 13.9. The number of aromatic nitrogens is 1. The lowest BCUT2D eigenvalue weighted by Gasteiger charge is -2.51. The average molecular weight is 402 g/mol. The van der Waals surface area contributed by atoms with Gasteiger partial charge in [0.15, 0.2) is 5.43 Å². The second kappa shape index (κ2) is 7.94. The molecule has 0 radical (unpaired) electrons. The lowest BCUT2D eigenvalue weighted by Crippen LogP contribution is -2.57. The summed E-state index contributed by atoms with van der Waals surface area (Å²) in [5.74, 6) is 0.938. The highest BCUT2D eigenvalue weighted by Gasteiger charge is 2.49. The molecule has 7 heteroatoms. The van der Waals surface area contributed by atoms with Crippen LogP contribution in [0.2, 0.25) is 0 Å². The van der Waals surface area contributed by atoms with E-state index in [1.165, 1.54) is 12.1 Å². The Morgan fingerprint density at radius 2 is 1.76 bits per heavy atom. The molecule has 2 amide bonds. The van der Waals surface area contributed by atoms with Gasteiger partial charge in [-0.05, 0) is 44.4 Å². The van der Waals surface area contributed by atoms with Gasteiger partial charge in [0.05, 0.1) is 6.10 Å². The van der Waals surface area contributed by atoms with E-state index in [-0.39, 0.29) is 35.2 Å². The molecule has 0 aromatic carbocycles. The first-order valence-corrected chi connectivity index (χ1v) is 10.7. The van der Waals surface area contributed by atoms with Crippen molar-refractivity contribution in [1.82, 2.24) is 14.4 Å². The molecule has 1 aliphatic carbocycles. The van der Waals surface area contributed by atoms with Crippen molar-refractivity contribution in [3.63, 3.8) is 0 Å². The highest BCUT2D eigenvalue weighted by Crippen LogP contribution is 2.46. The van der Waals surface area contributed by atoms with Crippen LogP contribution in [-0.2, 0) is 16.6 Å². The smallest absolute Gasteiger partial charge is 0.270 e. The second-order valence-electron chi connectivity index (χ2n) is 8.84. The Bertz CT molecular complexity index is 856. The normalized spacial score (nSPS) is 27.3. The van der Waals surface area contributed by atoms with E-state index in [2.05, 4.69) is 0 Å². The largest absolute Gasteiger partial charge is 0.381 e. The van der Waals surface area contributed by atoms with Crippen LogP contribution in [0.3, 0.4) is 0 Å². The molecule has 3 atom stereocenters. The standard InChI is InChI=1S/C22H31N3O4/c1-14-10-16(26)12-20(23(14)2)22(28)25-7-4-15-11-18(19(15)13-25)21(27)24-8-5-17(29-3)6-9-24/h10,12,15,17-19H,4-9,11,13H2,1-3H3/t15-,18-,19-/m1/s1. The summed E-state index contributed by atoms with van der Waals surface area (Å²) in [4.78, 5) is 41.9. The summed E-state index contributed by atoms with van der Waals surface area (Å²) >= 11 is 0. The van der Waals surface area contributed by atoms with Crippen molar-refractivity contribution in [2.45, 2.75) is 38.7 Å². The lowest BCUT2D eigenvalue weighted by atomic mass is 9.61. The first-order valence-electron chi connectivity index (χ1n) is 10.7. The van der Waals surface area contributed by atoms with Crippen LogP contribution >= 0.6 is 0 Å². The molecule has 3 heterocycles. The predicted octanol–water partition coefficient (Wildman–Crippen LogP) is 1.43. The van der Waals surface area contributed by atoms with Gasteiger partial charge in [-0.25, -0.2) is 0 Å². The number of aryl methyl sites for hydroxylation is 1. The highest BCUT2D eigenvalue weighted by molar-refractivity contribution is 5.93. The van der Waals surface area contributed by atoms with Crippen LogP contribution in [0.1, 0.15) is 41.9 Å². The fourth-order valence-corrected chi connectivity index (χ4v) is 5.23. The van der Waals surface area contributed by atoms with Gasteiger partial charge in [0.25, 0.3) is 5.91 Å². The van der Waals surface area contributed by atoms with Crippen molar-refractivity contribution in [3.05, 3.63) is 33.7 Å². The van der Waals surface area contributed by atoms with Gasteiger partial charge in [-0.3, -0.25) is 14.4 Å². The summed E-state index contributed by atoms with van der Waals surface area (Å²) < 4.78 is 7.19. The Balaban J connectivity index is 1.42. The highest BCUT2D eigenvalue weighted by atomic mass is 16.5. The average Bonchev–Trinajstić information content (AvgIpc) is 2.71. The van der Waals surface area contributed by atoms with Gasteiger partial charge < -0.3 is 19.1 Å². The number of ether oxygens (including phenoxy) is 1. The number of nitrogens with zero attached hydrogens (tertiary/aromatic N) is 3. The number of hydrogen-bond acceptors (Lipinski definition) is 4. The van der Waals surface area contributed by atoms with Crippen molar-refractivity contribution < 1.29 is 14.3 Å². The Labute approximate surface area is 171 Å². The second-order valence-corrected chi connectivity index (χ2v) is 8.84. The van der Waals surface area contributed by atoms with Gasteiger partial charge in [-0.15, -0.1) is 0 Å². The van der Waals surface area contributed by atoms with E-state index < -0.39 is 0 Å². The van der Waals surface area contributed by atoms with E-state index in [9.17, 15) is 14.4 Å². The van der Waals surface area contributed by atoms with E-state index in [0.29, 0.717) is 24.7 Å². The molecule has 1 saturated carbocycles.